The van der Waals surface area contributed by atoms with Crippen LogP contribution in [0.4, 0.5) is 17.6 Å². The number of aromatic nitrogens is 2. The number of nitrogens with zero attached hydrogens (tertiary/aromatic N) is 1. The third kappa shape index (κ3) is 3.54. The molecule has 19 heavy (non-hydrogen) atoms. The Morgan fingerprint density at radius 3 is 2.53 bits per heavy atom. The molecule has 0 spiro atoms. The Labute approximate surface area is 106 Å². The molecule has 1 aromatic carbocycles. The highest BCUT2D eigenvalue weighted by Crippen LogP contribution is 2.31. The van der Waals surface area contributed by atoms with Crippen molar-refractivity contribution in [2.45, 2.75) is 19.3 Å². The molecule has 0 aliphatic heterocycles. The Hall–Kier alpha value is -1.89. The molecule has 2 N–H and O–H groups in total. The third-order valence-electron chi connectivity index (χ3n) is 2.55. The lowest BCUT2D eigenvalue weighted by Gasteiger charge is -2.10. The molecule has 1 heterocycles. The van der Waals surface area contributed by atoms with Crippen molar-refractivity contribution in [3.8, 4) is 0 Å². The fourth-order valence-electron chi connectivity index (χ4n) is 1.63. The molecule has 0 aliphatic carbocycles. The molecule has 3 nitrogen and oxygen atoms in total. The fourth-order valence-corrected chi connectivity index (χ4v) is 1.63. The molecule has 0 aliphatic rings. The van der Waals surface area contributed by atoms with Crippen molar-refractivity contribution >= 4 is 0 Å². The van der Waals surface area contributed by atoms with E-state index in [4.69, 9.17) is 0 Å². The Bertz CT molecular complexity index is 534. The number of nitrogens with one attached hydrogen (secondary N) is 2. The lowest BCUT2D eigenvalue weighted by atomic mass is 10.1. The van der Waals surface area contributed by atoms with Gasteiger partial charge < -0.3 is 5.32 Å². The first-order valence-corrected chi connectivity index (χ1v) is 5.51. The predicted octanol–water partition coefficient (Wildman–Crippen LogP) is 2.86. The second-order valence-electron chi connectivity index (χ2n) is 4.02. The molecular formula is C12H11F4N3. The minimum absolute atomic E-state index is 0.217. The van der Waals surface area contributed by atoms with E-state index in [0.29, 0.717) is 12.1 Å². The molecule has 0 atom stereocenters. The lowest BCUT2D eigenvalue weighted by Crippen LogP contribution is -2.14. The van der Waals surface area contributed by atoms with Gasteiger partial charge in [-0.1, -0.05) is 6.07 Å². The highest BCUT2D eigenvalue weighted by molar-refractivity contribution is 5.27. The van der Waals surface area contributed by atoms with Gasteiger partial charge in [-0.05, 0) is 17.7 Å². The number of halogens is 4. The van der Waals surface area contributed by atoms with E-state index in [1.54, 1.807) is 12.4 Å². The van der Waals surface area contributed by atoms with Crippen molar-refractivity contribution < 1.29 is 17.6 Å². The second kappa shape index (κ2) is 5.40. The first kappa shape index (κ1) is 13.5. The SMILES string of the molecule is Fc1ccc(CNCc2cn[nH]c2)cc1C(F)(F)F. The smallest absolute Gasteiger partial charge is 0.309 e. The van der Waals surface area contributed by atoms with Crippen molar-refractivity contribution in [1.29, 1.82) is 0 Å². The maximum atomic E-state index is 13.1. The van der Waals surface area contributed by atoms with Crippen LogP contribution in [0, 0.1) is 5.82 Å². The van der Waals surface area contributed by atoms with Gasteiger partial charge in [0.2, 0.25) is 0 Å². The standard InChI is InChI=1S/C12H11F4N3/c13-11-2-1-8(3-10(11)12(14,15)16)4-17-5-9-6-18-19-7-9/h1-3,6-7,17H,4-5H2,(H,18,19). The van der Waals surface area contributed by atoms with Gasteiger partial charge in [-0.25, -0.2) is 4.39 Å². The Kier molecular flexibility index (Phi) is 3.84. The molecule has 0 unspecified atom stereocenters. The van der Waals surface area contributed by atoms with Crippen LogP contribution >= 0.6 is 0 Å². The largest absolute Gasteiger partial charge is 0.419 e. The van der Waals surface area contributed by atoms with Crippen LogP contribution in [0.1, 0.15) is 16.7 Å². The summed E-state index contributed by atoms with van der Waals surface area (Å²) in [6.45, 7) is 0.684. The van der Waals surface area contributed by atoms with Gasteiger partial charge >= 0.3 is 6.18 Å². The van der Waals surface area contributed by atoms with E-state index in [1.807, 2.05) is 0 Å². The summed E-state index contributed by atoms with van der Waals surface area (Å²) in [4.78, 5) is 0. The van der Waals surface area contributed by atoms with Crippen LogP contribution in [-0.4, -0.2) is 10.2 Å². The van der Waals surface area contributed by atoms with Crippen LogP contribution < -0.4 is 5.32 Å². The average molecular weight is 273 g/mol. The van der Waals surface area contributed by atoms with E-state index in [2.05, 4.69) is 15.5 Å². The zero-order chi connectivity index (χ0) is 13.9. The van der Waals surface area contributed by atoms with Gasteiger partial charge in [-0.15, -0.1) is 0 Å². The zero-order valence-corrected chi connectivity index (χ0v) is 9.76. The molecule has 102 valence electrons. The van der Waals surface area contributed by atoms with Crippen LogP contribution in [0.5, 0.6) is 0 Å². The minimum Gasteiger partial charge on any atom is -0.309 e. The van der Waals surface area contributed by atoms with Crippen molar-refractivity contribution in [2.24, 2.45) is 0 Å². The number of rotatable bonds is 4. The molecule has 0 amide bonds. The number of alkyl halides is 3. The molecule has 0 bridgehead atoms. The Morgan fingerprint density at radius 2 is 1.89 bits per heavy atom. The average Bonchev–Trinajstić information content (AvgIpc) is 2.83. The summed E-state index contributed by atoms with van der Waals surface area (Å²) < 4.78 is 50.6. The quantitative estimate of drug-likeness (QED) is 0.841. The van der Waals surface area contributed by atoms with Gasteiger partial charge in [-0.3, -0.25) is 5.10 Å². The topological polar surface area (TPSA) is 40.7 Å². The van der Waals surface area contributed by atoms with E-state index in [1.165, 1.54) is 6.07 Å². The zero-order valence-electron chi connectivity index (χ0n) is 9.76. The molecule has 0 saturated carbocycles. The van der Waals surface area contributed by atoms with Gasteiger partial charge in [0.25, 0.3) is 0 Å². The molecule has 0 saturated heterocycles. The van der Waals surface area contributed by atoms with Crippen molar-refractivity contribution in [3.63, 3.8) is 0 Å². The summed E-state index contributed by atoms with van der Waals surface area (Å²) in [5, 5.41) is 9.32. The van der Waals surface area contributed by atoms with Crippen LogP contribution in [0.2, 0.25) is 0 Å². The Morgan fingerprint density at radius 1 is 1.16 bits per heavy atom. The van der Waals surface area contributed by atoms with Gasteiger partial charge in [0, 0.05) is 24.8 Å². The fraction of sp³-hybridized carbons (Fsp3) is 0.250. The summed E-state index contributed by atoms with van der Waals surface area (Å²) in [5.41, 5.74) is 0.0190. The van der Waals surface area contributed by atoms with Crippen LogP contribution in [0.3, 0.4) is 0 Å². The molecule has 0 fully saturated rings. The number of benzene rings is 1. The number of hydrogen-bond acceptors (Lipinski definition) is 2. The van der Waals surface area contributed by atoms with Crippen LogP contribution in [-0.2, 0) is 19.3 Å². The van der Waals surface area contributed by atoms with Gasteiger partial charge in [0.1, 0.15) is 5.82 Å². The van der Waals surface area contributed by atoms with Gasteiger partial charge in [0.15, 0.2) is 0 Å². The van der Waals surface area contributed by atoms with E-state index >= 15 is 0 Å². The maximum Gasteiger partial charge on any atom is 0.419 e. The summed E-state index contributed by atoms with van der Waals surface area (Å²) in [5.74, 6) is -1.26. The number of H-pyrrole nitrogens is 1. The summed E-state index contributed by atoms with van der Waals surface area (Å²) >= 11 is 0. The van der Waals surface area contributed by atoms with E-state index in [9.17, 15) is 17.6 Å². The van der Waals surface area contributed by atoms with Crippen molar-refractivity contribution in [1.82, 2.24) is 15.5 Å². The number of hydrogen-bond donors (Lipinski definition) is 2. The molecule has 2 rings (SSSR count). The minimum atomic E-state index is -4.68. The van der Waals surface area contributed by atoms with E-state index < -0.39 is 17.6 Å². The highest BCUT2D eigenvalue weighted by atomic mass is 19.4. The normalized spacial score (nSPS) is 11.8. The summed E-state index contributed by atoms with van der Waals surface area (Å²) in [7, 11) is 0. The van der Waals surface area contributed by atoms with Crippen LogP contribution in [0.15, 0.2) is 30.6 Å². The maximum absolute atomic E-state index is 13.1. The summed E-state index contributed by atoms with van der Waals surface area (Å²) in [6.07, 6.45) is -1.39. The first-order chi connectivity index (χ1) is 8.97. The lowest BCUT2D eigenvalue weighted by molar-refractivity contribution is -0.140. The second-order valence-corrected chi connectivity index (χ2v) is 4.02. The van der Waals surface area contributed by atoms with Gasteiger partial charge in [0.05, 0.1) is 11.8 Å². The van der Waals surface area contributed by atoms with E-state index in [0.717, 1.165) is 17.7 Å². The Balaban J connectivity index is 2.01. The van der Waals surface area contributed by atoms with Crippen molar-refractivity contribution in [2.75, 3.05) is 0 Å². The highest BCUT2D eigenvalue weighted by Gasteiger charge is 2.34. The van der Waals surface area contributed by atoms with Crippen molar-refractivity contribution in [3.05, 3.63) is 53.1 Å². The molecular weight excluding hydrogens is 262 g/mol. The molecule has 7 heteroatoms. The molecule has 0 radical (unpaired) electrons. The first-order valence-electron chi connectivity index (χ1n) is 5.51. The summed E-state index contributed by atoms with van der Waals surface area (Å²) in [6, 6.07) is 2.97. The predicted molar refractivity (Wildman–Crippen MR) is 60.5 cm³/mol. The van der Waals surface area contributed by atoms with Gasteiger partial charge in [-0.2, -0.15) is 18.3 Å². The molecule has 1 aromatic heterocycles. The van der Waals surface area contributed by atoms with Crippen LogP contribution in [0.25, 0.3) is 0 Å². The third-order valence-corrected chi connectivity index (χ3v) is 2.55. The monoisotopic (exact) mass is 273 g/mol. The number of aromatic amines is 1. The molecule has 2 aromatic rings. The van der Waals surface area contributed by atoms with E-state index in [-0.39, 0.29) is 6.54 Å².